The highest BCUT2D eigenvalue weighted by molar-refractivity contribution is 6.32. The van der Waals surface area contributed by atoms with Gasteiger partial charge in [-0.15, -0.1) is 0 Å². The molecule has 0 bridgehead atoms. The third kappa shape index (κ3) is 5.43. The Morgan fingerprint density at radius 2 is 1.88 bits per heavy atom. The molecular weight excluding hydrogens is 470 g/mol. The zero-order chi connectivity index (χ0) is 23.8. The lowest BCUT2D eigenvalue weighted by Crippen LogP contribution is -2.17. The third-order valence-corrected chi connectivity index (χ3v) is 4.80. The number of anilines is 1. The van der Waals surface area contributed by atoms with Crippen molar-refractivity contribution in [1.82, 2.24) is 10.2 Å². The number of aromatic nitrogens is 2. The van der Waals surface area contributed by atoms with Gasteiger partial charge in [0.25, 0.3) is 11.5 Å². The van der Waals surface area contributed by atoms with Crippen LogP contribution in [-0.4, -0.2) is 22.2 Å². The molecule has 0 atom stereocenters. The van der Waals surface area contributed by atoms with Crippen LogP contribution in [0.4, 0.5) is 23.2 Å². The molecule has 7 nitrogen and oxygen atoms in total. The minimum Gasteiger partial charge on any atom is -0.486 e. The number of H-pyrrole nitrogens is 1. The summed E-state index contributed by atoms with van der Waals surface area (Å²) >= 11 is 5.79. The Morgan fingerprint density at radius 1 is 1.12 bits per heavy atom. The van der Waals surface area contributed by atoms with E-state index in [1.807, 2.05) is 0 Å². The normalized spacial score (nSPS) is 13.5. The summed E-state index contributed by atoms with van der Waals surface area (Å²) in [4.78, 5) is 24.2. The first kappa shape index (κ1) is 22.6. The van der Waals surface area contributed by atoms with E-state index in [9.17, 15) is 27.2 Å². The molecule has 2 aromatic carbocycles. The number of carbonyl (C=O) groups is 1. The van der Waals surface area contributed by atoms with Crippen LogP contribution in [0.2, 0.25) is 5.02 Å². The van der Waals surface area contributed by atoms with Gasteiger partial charge < -0.3 is 14.8 Å². The Kier molecular flexibility index (Phi) is 5.98. The number of aromatic amines is 1. The van der Waals surface area contributed by atoms with Crippen molar-refractivity contribution in [3.63, 3.8) is 0 Å². The lowest BCUT2D eigenvalue weighted by Gasteiger charge is -2.17. The lowest BCUT2D eigenvalue weighted by molar-refractivity contribution is -0.137. The van der Waals surface area contributed by atoms with Crippen molar-refractivity contribution in [3.05, 3.63) is 74.9 Å². The van der Waals surface area contributed by atoms with Crippen molar-refractivity contribution in [1.29, 1.82) is 0 Å². The molecule has 0 aliphatic heterocycles. The predicted octanol–water partition coefficient (Wildman–Crippen LogP) is 5.17. The first-order valence-electron chi connectivity index (χ1n) is 9.51. The van der Waals surface area contributed by atoms with Crippen LogP contribution in [-0.2, 0) is 6.18 Å². The largest absolute Gasteiger partial charge is 0.486 e. The van der Waals surface area contributed by atoms with Crippen molar-refractivity contribution < 1.29 is 31.8 Å². The third-order valence-electron chi connectivity index (χ3n) is 4.49. The Labute approximate surface area is 188 Å². The summed E-state index contributed by atoms with van der Waals surface area (Å²) in [5, 5.41) is 7.25. The van der Waals surface area contributed by atoms with E-state index in [-0.39, 0.29) is 28.9 Å². The molecule has 0 saturated heterocycles. The Hall–Kier alpha value is -3.60. The van der Waals surface area contributed by atoms with E-state index in [1.165, 1.54) is 6.07 Å². The van der Waals surface area contributed by atoms with Gasteiger partial charge >= 0.3 is 6.18 Å². The van der Waals surface area contributed by atoms with Gasteiger partial charge in [-0.2, -0.15) is 18.3 Å². The summed E-state index contributed by atoms with van der Waals surface area (Å²) in [5.74, 6) is -2.17. The quantitative estimate of drug-likeness (QED) is 0.472. The molecule has 1 saturated carbocycles. The molecule has 0 unspecified atom stereocenters. The number of benzene rings is 2. The maximum Gasteiger partial charge on any atom is 0.417 e. The van der Waals surface area contributed by atoms with Crippen molar-refractivity contribution in [3.8, 4) is 17.2 Å². The van der Waals surface area contributed by atoms with Crippen molar-refractivity contribution in [2.45, 2.75) is 25.1 Å². The van der Waals surface area contributed by atoms with Gasteiger partial charge in [0.1, 0.15) is 11.6 Å². The van der Waals surface area contributed by atoms with Crippen LogP contribution in [0.5, 0.6) is 17.2 Å². The van der Waals surface area contributed by atoms with Gasteiger partial charge in [0.2, 0.25) is 0 Å². The number of amides is 1. The number of alkyl halides is 3. The second-order valence-corrected chi connectivity index (χ2v) is 7.53. The smallest absolute Gasteiger partial charge is 0.417 e. The molecule has 172 valence electrons. The maximum atomic E-state index is 13.7. The molecule has 1 aromatic heterocycles. The van der Waals surface area contributed by atoms with Crippen molar-refractivity contribution >= 4 is 23.2 Å². The van der Waals surface area contributed by atoms with Crippen molar-refractivity contribution in [2.75, 3.05) is 5.32 Å². The summed E-state index contributed by atoms with van der Waals surface area (Å²) in [7, 11) is 0. The number of nitrogens with zero attached hydrogens (tertiary/aromatic N) is 1. The van der Waals surface area contributed by atoms with Crippen LogP contribution in [0.1, 0.15) is 28.8 Å². The first-order chi connectivity index (χ1) is 15.6. The van der Waals surface area contributed by atoms with Crippen LogP contribution < -0.4 is 20.3 Å². The van der Waals surface area contributed by atoms with E-state index in [1.54, 1.807) is 0 Å². The van der Waals surface area contributed by atoms with E-state index < -0.39 is 39.8 Å². The van der Waals surface area contributed by atoms with E-state index in [0.29, 0.717) is 6.07 Å². The van der Waals surface area contributed by atoms with E-state index in [0.717, 1.165) is 43.3 Å². The maximum absolute atomic E-state index is 13.7. The molecule has 4 rings (SSSR count). The van der Waals surface area contributed by atoms with E-state index >= 15 is 0 Å². The summed E-state index contributed by atoms with van der Waals surface area (Å²) in [6.45, 7) is 0. The Bertz CT molecular complexity index is 1280. The minimum absolute atomic E-state index is 0.00902. The molecule has 3 aromatic rings. The predicted molar refractivity (Wildman–Crippen MR) is 109 cm³/mol. The molecule has 1 aliphatic carbocycles. The SMILES string of the molecule is O=C(Nc1cn[nH]c(=O)c1)c1cc(Cl)c(C(F)(F)F)cc1Oc1ccc(F)cc1OC1CC1. The number of halogens is 5. The fourth-order valence-corrected chi connectivity index (χ4v) is 3.09. The summed E-state index contributed by atoms with van der Waals surface area (Å²) in [5.41, 5.74) is -2.22. The fourth-order valence-electron chi connectivity index (χ4n) is 2.82. The monoisotopic (exact) mass is 483 g/mol. The number of nitrogens with one attached hydrogen (secondary N) is 2. The molecule has 33 heavy (non-hydrogen) atoms. The molecule has 2 N–H and O–H groups in total. The highest BCUT2D eigenvalue weighted by Crippen LogP contribution is 2.42. The topological polar surface area (TPSA) is 93.3 Å². The number of ether oxygens (including phenoxy) is 2. The summed E-state index contributed by atoms with van der Waals surface area (Å²) < 4.78 is 65.2. The number of rotatable bonds is 6. The zero-order valence-electron chi connectivity index (χ0n) is 16.5. The van der Waals surface area contributed by atoms with Crippen LogP contribution in [0.15, 0.2) is 47.4 Å². The molecule has 1 fully saturated rings. The minimum atomic E-state index is -4.84. The van der Waals surface area contributed by atoms with Gasteiger partial charge in [0.05, 0.1) is 34.1 Å². The second-order valence-electron chi connectivity index (χ2n) is 7.12. The average molecular weight is 484 g/mol. The van der Waals surface area contributed by atoms with Crippen LogP contribution >= 0.6 is 11.6 Å². The van der Waals surface area contributed by atoms with Crippen molar-refractivity contribution in [2.24, 2.45) is 0 Å². The standard InChI is InChI=1S/C21H14ClF4N3O4/c22-15-7-13(20(31)28-11-6-19(30)29-27-9-11)17(8-14(15)21(24,25)26)33-16-4-1-10(23)5-18(16)32-12-2-3-12/h1,4-9,12H,2-3H2,(H2,28,29,30,31). The zero-order valence-corrected chi connectivity index (χ0v) is 17.3. The lowest BCUT2D eigenvalue weighted by atomic mass is 10.1. The average Bonchev–Trinajstić information content (AvgIpc) is 3.54. The molecule has 0 radical (unpaired) electrons. The highest BCUT2D eigenvalue weighted by Gasteiger charge is 2.35. The molecule has 1 amide bonds. The van der Waals surface area contributed by atoms with Gasteiger partial charge in [0, 0.05) is 12.1 Å². The fraction of sp³-hybridized carbons (Fsp3) is 0.190. The highest BCUT2D eigenvalue weighted by atomic mass is 35.5. The molecular formula is C21H14ClF4N3O4. The summed E-state index contributed by atoms with van der Waals surface area (Å²) in [6.07, 6.45) is -2.37. The van der Waals surface area contributed by atoms with Gasteiger partial charge in [-0.1, -0.05) is 11.6 Å². The summed E-state index contributed by atoms with van der Waals surface area (Å²) in [6, 6.07) is 5.64. The van der Waals surface area contributed by atoms with Gasteiger partial charge in [-0.25, -0.2) is 9.49 Å². The number of hydrogen-bond acceptors (Lipinski definition) is 5. The van der Waals surface area contributed by atoms with Gasteiger partial charge in [0.15, 0.2) is 11.5 Å². The van der Waals surface area contributed by atoms with Gasteiger partial charge in [-0.3, -0.25) is 9.59 Å². The van der Waals surface area contributed by atoms with Crippen LogP contribution in [0.25, 0.3) is 0 Å². The Balaban J connectivity index is 1.75. The van der Waals surface area contributed by atoms with E-state index in [4.69, 9.17) is 21.1 Å². The molecule has 1 aliphatic rings. The number of carbonyl (C=O) groups excluding carboxylic acids is 1. The Morgan fingerprint density at radius 3 is 2.55 bits per heavy atom. The van der Waals surface area contributed by atoms with Crippen LogP contribution in [0, 0.1) is 5.82 Å². The number of hydrogen-bond donors (Lipinski definition) is 2. The van der Waals surface area contributed by atoms with Gasteiger partial charge in [-0.05, 0) is 37.1 Å². The second kappa shape index (κ2) is 8.74. The van der Waals surface area contributed by atoms with E-state index in [2.05, 4.69) is 15.5 Å². The molecule has 0 spiro atoms. The molecule has 12 heteroatoms. The van der Waals surface area contributed by atoms with Crippen LogP contribution in [0.3, 0.4) is 0 Å². The first-order valence-corrected chi connectivity index (χ1v) is 9.89. The molecule has 1 heterocycles.